The van der Waals surface area contributed by atoms with Gasteiger partial charge in [-0.1, -0.05) is 155 Å². The van der Waals surface area contributed by atoms with Crippen LogP contribution in [0.15, 0.2) is 176 Å². The number of benzene rings is 8. The minimum absolute atomic E-state index is 0.0395. The molecule has 0 fully saturated rings. The van der Waals surface area contributed by atoms with Gasteiger partial charge in [-0.2, -0.15) is 0 Å². The lowest BCUT2D eigenvalue weighted by atomic mass is 9.94. The van der Waals surface area contributed by atoms with Crippen LogP contribution < -0.4 is 20.8 Å². The van der Waals surface area contributed by atoms with Crippen molar-refractivity contribution in [2.45, 2.75) is 112 Å². The predicted molar refractivity (Wildman–Crippen MR) is 347 cm³/mol. The number of fused-ring (bicyclic) bond motifs is 2. The molecule has 0 aliphatic carbocycles. The summed E-state index contributed by atoms with van der Waals surface area (Å²) in [7, 11) is -4.40. The summed E-state index contributed by atoms with van der Waals surface area (Å²) < 4.78 is 35.0. The molecule has 2 atom stereocenters. The van der Waals surface area contributed by atoms with E-state index in [1.165, 1.54) is 23.3 Å². The van der Waals surface area contributed by atoms with Crippen LogP contribution in [0.5, 0.6) is 0 Å². The Balaban J connectivity index is 0.823. The fraction of sp³-hybridized carbons (Fsp3) is 0.233. The number of aryl methyl sites for hydroxylation is 2. The third kappa shape index (κ3) is 12.9. The van der Waals surface area contributed by atoms with Crippen LogP contribution in [0.3, 0.4) is 0 Å². The van der Waals surface area contributed by atoms with Crippen molar-refractivity contribution in [3.05, 3.63) is 260 Å². The maximum Gasteiger partial charge on any atom is 0.275 e. The fourth-order valence-electron chi connectivity index (χ4n) is 11.7. The Labute approximate surface area is 509 Å². The van der Waals surface area contributed by atoms with E-state index in [1.54, 1.807) is 47.9 Å². The average molecular weight is 1180 g/mol. The van der Waals surface area contributed by atoms with Gasteiger partial charge in [-0.15, -0.1) is 0 Å². The summed E-state index contributed by atoms with van der Waals surface area (Å²) >= 11 is 0. The maximum atomic E-state index is 14.1. The van der Waals surface area contributed by atoms with Crippen LogP contribution >= 0.6 is 0 Å². The Morgan fingerprint density at radius 3 is 1.40 bits per heavy atom. The van der Waals surface area contributed by atoms with Gasteiger partial charge in [0.05, 0.1) is 17.8 Å². The Morgan fingerprint density at radius 2 is 0.920 bits per heavy atom. The van der Waals surface area contributed by atoms with Crippen LogP contribution in [0.1, 0.15) is 168 Å². The summed E-state index contributed by atoms with van der Waals surface area (Å²) in [6, 6.07) is 54.5. The molecule has 0 bridgehead atoms. The van der Waals surface area contributed by atoms with Crippen molar-refractivity contribution in [3.8, 4) is 22.3 Å². The Bertz CT molecular complexity index is 4400. The van der Waals surface area contributed by atoms with Gasteiger partial charge in [0, 0.05) is 68.5 Å². The number of hydrogen-bond acceptors (Lipinski definition) is 7. The molecule has 0 spiro atoms. The molecule has 10 aromatic rings. The highest BCUT2D eigenvalue weighted by molar-refractivity contribution is 7.89. The van der Waals surface area contributed by atoms with Crippen molar-refractivity contribution >= 4 is 55.5 Å². The number of amides is 4. The largest absolute Gasteiger partial charge is 0.346 e. The van der Waals surface area contributed by atoms with Crippen LogP contribution in [0.2, 0.25) is 0 Å². The molecule has 87 heavy (non-hydrogen) atoms. The third-order valence-corrected chi connectivity index (χ3v) is 18.3. The van der Waals surface area contributed by atoms with Crippen LogP contribution in [-0.4, -0.2) is 46.4 Å². The molecule has 2 heterocycles. The highest BCUT2D eigenvalue weighted by Crippen LogP contribution is 2.34. The standard InChI is InChI=1S/C73H74N6O7S/c1-43(2)55-16-13-18-57(36-55)47(7)74-70(80)59-32-34-67-65(38-59)45(5)49(9)78(67)40-51-24-28-53(29-25-51)62-21-11-12-22-63(62)73(83)77-87(85,86)42-61-20-15-23-64(72(82)76-84)69(61)54-30-26-52(27-31-54)41-79-50(10)46(6)66-39-60(33-35-68(66)79)71(81)75-48(8)58-19-14-17-56(37-58)44(3)4/h11-39,43-44,47-48,84H,40-42H2,1-10H3,(H,74,80)(H,75,81)(H,76,82)(H,77,83). The molecule has 0 saturated heterocycles. The first-order valence-corrected chi connectivity index (χ1v) is 31.1. The normalized spacial score (nSPS) is 12.4. The molecule has 444 valence electrons. The Morgan fingerprint density at radius 1 is 0.471 bits per heavy atom. The van der Waals surface area contributed by atoms with Crippen molar-refractivity contribution in [2.24, 2.45) is 0 Å². The molecule has 4 amide bonds. The Kier molecular flexibility index (Phi) is 17.7. The zero-order chi connectivity index (χ0) is 62.0. The van der Waals surface area contributed by atoms with Gasteiger partial charge in [0.25, 0.3) is 23.6 Å². The SMILES string of the molecule is Cc1c(C)n(Cc2ccc(-c3ccccc3C(=O)NS(=O)(=O)Cc3cccc(C(=O)NO)c3-c3ccc(Cn4c(C)c(C)c5cc(C(=O)NC(C)c6cccc(C(C)C)c6)ccc54)cc3)cc2)c2ccc(C(=O)NC(C)c3cccc(C(C)C)c3)cc12. The van der Waals surface area contributed by atoms with Gasteiger partial charge in [0.2, 0.25) is 10.0 Å². The topological polar surface area (TPSA) is 181 Å². The average Bonchev–Trinajstić information content (AvgIpc) is 2.24. The number of nitrogens with zero attached hydrogens (tertiary/aromatic N) is 2. The zero-order valence-corrected chi connectivity index (χ0v) is 51.7. The lowest BCUT2D eigenvalue weighted by Crippen LogP contribution is -2.32. The van der Waals surface area contributed by atoms with Crippen molar-refractivity contribution in [1.29, 1.82) is 0 Å². The quantitative estimate of drug-likeness (QED) is 0.0395. The van der Waals surface area contributed by atoms with E-state index in [4.69, 9.17) is 0 Å². The molecule has 0 saturated carbocycles. The summed E-state index contributed by atoms with van der Waals surface area (Å²) in [6.45, 7) is 21.8. The number of aromatic nitrogens is 2. The first kappa shape index (κ1) is 60.7. The van der Waals surface area contributed by atoms with Crippen molar-refractivity contribution < 1.29 is 32.8 Å². The monoisotopic (exact) mass is 1180 g/mol. The number of sulfonamides is 1. The molecule has 14 heteroatoms. The van der Waals surface area contributed by atoms with E-state index in [0.29, 0.717) is 52.7 Å². The molecule has 8 aromatic carbocycles. The highest BCUT2D eigenvalue weighted by Gasteiger charge is 2.26. The van der Waals surface area contributed by atoms with E-state index in [9.17, 15) is 32.8 Å². The molecule has 10 rings (SSSR count). The van der Waals surface area contributed by atoms with E-state index < -0.39 is 27.6 Å². The second-order valence-electron chi connectivity index (χ2n) is 23.5. The molecule has 2 unspecified atom stereocenters. The van der Waals surface area contributed by atoms with Gasteiger partial charge in [-0.05, 0) is 174 Å². The zero-order valence-electron chi connectivity index (χ0n) is 50.9. The lowest BCUT2D eigenvalue weighted by Gasteiger charge is -2.17. The van der Waals surface area contributed by atoms with Gasteiger partial charge in [-0.25, -0.2) is 18.6 Å². The van der Waals surface area contributed by atoms with Crippen molar-refractivity contribution in [3.63, 3.8) is 0 Å². The predicted octanol–water partition coefficient (Wildman–Crippen LogP) is 14.9. The molecular weight excluding hydrogens is 1100 g/mol. The third-order valence-electron chi connectivity index (χ3n) is 17.1. The van der Waals surface area contributed by atoms with Crippen LogP contribution in [0, 0.1) is 27.7 Å². The first-order valence-electron chi connectivity index (χ1n) is 29.5. The minimum Gasteiger partial charge on any atom is -0.346 e. The molecule has 2 aromatic heterocycles. The molecule has 0 radical (unpaired) electrons. The Hall–Kier alpha value is -9.37. The van der Waals surface area contributed by atoms with Crippen LogP contribution in [-0.2, 0) is 28.9 Å². The van der Waals surface area contributed by atoms with E-state index in [2.05, 4.69) is 90.3 Å². The molecule has 0 aliphatic heterocycles. The van der Waals surface area contributed by atoms with Gasteiger partial charge in [0.1, 0.15) is 0 Å². The smallest absolute Gasteiger partial charge is 0.275 e. The van der Waals surface area contributed by atoms with Gasteiger partial charge < -0.3 is 19.8 Å². The summed E-state index contributed by atoms with van der Waals surface area (Å²) in [6.07, 6.45) is 0. The van der Waals surface area contributed by atoms with Gasteiger partial charge in [0.15, 0.2) is 0 Å². The van der Waals surface area contributed by atoms with Crippen molar-refractivity contribution in [1.82, 2.24) is 30.0 Å². The number of carbonyl (C=O) groups excluding carboxylic acids is 4. The number of hydroxylamine groups is 1. The summed E-state index contributed by atoms with van der Waals surface area (Å²) in [5, 5.41) is 18.1. The van der Waals surface area contributed by atoms with Crippen molar-refractivity contribution in [2.75, 3.05) is 0 Å². The lowest BCUT2D eigenvalue weighted by molar-refractivity contribution is 0.0706. The molecule has 13 nitrogen and oxygen atoms in total. The molecule has 5 N–H and O–H groups in total. The fourth-order valence-corrected chi connectivity index (χ4v) is 12.8. The number of carbonyl (C=O) groups is 4. The summed E-state index contributed by atoms with van der Waals surface area (Å²) in [5.74, 6) is -1.86. The highest BCUT2D eigenvalue weighted by atomic mass is 32.2. The summed E-state index contributed by atoms with van der Waals surface area (Å²) in [4.78, 5) is 54.6. The maximum absolute atomic E-state index is 14.1. The second kappa shape index (κ2) is 25.3. The van der Waals surface area contributed by atoms with Gasteiger partial charge >= 0.3 is 0 Å². The number of nitrogens with one attached hydrogen (secondary N) is 4. The first-order chi connectivity index (χ1) is 41.6. The molecular formula is C73H74N6O7S. The van der Waals surface area contributed by atoms with E-state index in [-0.39, 0.29) is 46.2 Å². The minimum atomic E-state index is -4.40. The molecule has 0 aliphatic rings. The van der Waals surface area contributed by atoms with Gasteiger partial charge in [-0.3, -0.25) is 24.4 Å². The van der Waals surface area contributed by atoms with Crippen LogP contribution in [0.25, 0.3) is 44.1 Å². The van der Waals surface area contributed by atoms with Crippen LogP contribution in [0.4, 0.5) is 0 Å². The second-order valence-corrected chi connectivity index (χ2v) is 25.2. The summed E-state index contributed by atoms with van der Waals surface area (Å²) in [5.41, 5.74) is 18.0. The van der Waals surface area contributed by atoms with E-state index in [0.717, 1.165) is 66.6 Å². The number of rotatable bonds is 19. The number of hydrogen-bond donors (Lipinski definition) is 5. The van der Waals surface area contributed by atoms with E-state index in [1.807, 2.05) is 125 Å². The van der Waals surface area contributed by atoms with E-state index >= 15 is 0 Å².